The molecule has 2 heterocycles. The summed E-state index contributed by atoms with van der Waals surface area (Å²) in [5.74, 6) is 0.883. The molecule has 0 bridgehead atoms. The molecule has 1 aliphatic rings. The Bertz CT molecular complexity index is 331. The first kappa shape index (κ1) is 13.0. The number of nitrogens with zero attached hydrogens (tertiary/aromatic N) is 2. The van der Waals surface area contributed by atoms with Crippen molar-refractivity contribution >= 4 is 11.3 Å². The highest BCUT2D eigenvalue weighted by molar-refractivity contribution is 7.09. The minimum atomic E-state index is 0.883. The van der Waals surface area contributed by atoms with Crippen molar-refractivity contribution in [2.75, 3.05) is 26.7 Å². The van der Waals surface area contributed by atoms with Crippen LogP contribution in [0.2, 0.25) is 0 Å². The molecule has 1 atom stereocenters. The minimum absolute atomic E-state index is 0.883. The van der Waals surface area contributed by atoms with Gasteiger partial charge in [-0.2, -0.15) is 0 Å². The van der Waals surface area contributed by atoms with Crippen molar-refractivity contribution in [3.63, 3.8) is 0 Å². The summed E-state index contributed by atoms with van der Waals surface area (Å²) in [6, 6.07) is 0. The van der Waals surface area contributed by atoms with E-state index in [4.69, 9.17) is 0 Å². The lowest BCUT2D eigenvalue weighted by atomic mass is 9.96. The molecule has 1 aliphatic heterocycles. The van der Waals surface area contributed by atoms with Gasteiger partial charge in [-0.1, -0.05) is 0 Å². The molecule has 1 unspecified atom stereocenters. The first-order chi connectivity index (χ1) is 8.25. The van der Waals surface area contributed by atoms with E-state index in [-0.39, 0.29) is 0 Å². The minimum Gasteiger partial charge on any atom is -0.316 e. The fraction of sp³-hybridized carbons (Fsp3) is 0.769. The van der Waals surface area contributed by atoms with Crippen LogP contribution in [0.3, 0.4) is 0 Å². The van der Waals surface area contributed by atoms with Crippen LogP contribution in [0.25, 0.3) is 0 Å². The predicted molar refractivity (Wildman–Crippen MR) is 73.4 cm³/mol. The van der Waals surface area contributed by atoms with Crippen LogP contribution >= 0.6 is 11.3 Å². The van der Waals surface area contributed by atoms with Gasteiger partial charge in [0.1, 0.15) is 0 Å². The van der Waals surface area contributed by atoms with Crippen LogP contribution in [0.4, 0.5) is 0 Å². The summed E-state index contributed by atoms with van der Waals surface area (Å²) in [7, 11) is 2.22. The Hall–Kier alpha value is -0.450. The van der Waals surface area contributed by atoms with Crippen molar-refractivity contribution in [3.8, 4) is 0 Å². The maximum Gasteiger partial charge on any atom is 0.0798 e. The Morgan fingerprint density at radius 1 is 1.59 bits per heavy atom. The smallest absolute Gasteiger partial charge is 0.0798 e. The normalized spacial score (nSPS) is 21.0. The maximum atomic E-state index is 4.30. The largest absolute Gasteiger partial charge is 0.316 e. The average molecular weight is 253 g/mol. The van der Waals surface area contributed by atoms with E-state index in [0.717, 1.165) is 12.5 Å². The van der Waals surface area contributed by atoms with Gasteiger partial charge in [-0.3, -0.25) is 0 Å². The van der Waals surface area contributed by atoms with Crippen molar-refractivity contribution in [3.05, 3.63) is 16.1 Å². The van der Waals surface area contributed by atoms with Gasteiger partial charge in [0.15, 0.2) is 0 Å². The quantitative estimate of drug-likeness (QED) is 0.872. The monoisotopic (exact) mass is 253 g/mol. The van der Waals surface area contributed by atoms with Crippen LogP contribution in [-0.4, -0.2) is 36.6 Å². The molecule has 0 aliphatic carbocycles. The molecule has 1 aromatic heterocycles. The fourth-order valence-corrected chi connectivity index (χ4v) is 3.23. The van der Waals surface area contributed by atoms with Gasteiger partial charge in [0.05, 0.1) is 11.2 Å². The summed E-state index contributed by atoms with van der Waals surface area (Å²) in [6.45, 7) is 6.78. The lowest BCUT2D eigenvalue weighted by Crippen LogP contribution is -2.32. The molecular formula is C13H23N3S. The summed E-state index contributed by atoms with van der Waals surface area (Å²) in [5, 5.41) is 3.49. The van der Waals surface area contributed by atoms with E-state index >= 15 is 0 Å². The second-order valence-electron chi connectivity index (χ2n) is 5.10. The highest BCUT2D eigenvalue weighted by Gasteiger charge is 2.14. The van der Waals surface area contributed by atoms with E-state index < -0.39 is 0 Å². The summed E-state index contributed by atoms with van der Waals surface area (Å²) in [6.07, 6.45) is 4.07. The molecule has 1 fully saturated rings. The fourth-order valence-electron chi connectivity index (χ4n) is 2.38. The van der Waals surface area contributed by atoms with E-state index in [1.54, 1.807) is 11.3 Å². The third-order valence-corrected chi connectivity index (χ3v) is 4.50. The molecule has 96 valence electrons. The Morgan fingerprint density at radius 3 is 3.12 bits per heavy atom. The molecule has 0 aromatic carbocycles. The molecule has 2 rings (SSSR count). The average Bonchev–Trinajstić information content (AvgIpc) is 2.74. The van der Waals surface area contributed by atoms with Crippen LogP contribution < -0.4 is 5.32 Å². The molecular weight excluding hydrogens is 230 g/mol. The Morgan fingerprint density at radius 2 is 2.47 bits per heavy atom. The summed E-state index contributed by atoms with van der Waals surface area (Å²) >= 11 is 1.77. The third-order valence-electron chi connectivity index (χ3n) is 3.58. The molecule has 1 saturated heterocycles. The van der Waals surface area contributed by atoms with E-state index in [1.807, 2.05) is 5.51 Å². The van der Waals surface area contributed by atoms with E-state index in [2.05, 4.69) is 29.2 Å². The number of rotatable bonds is 5. The zero-order valence-corrected chi connectivity index (χ0v) is 11.7. The standard InChI is InChI=1S/C13H23N3S/c1-11-13(17-10-15-11)9-16(2)7-5-12-4-3-6-14-8-12/h10,12,14H,3-9H2,1-2H3. The van der Waals surface area contributed by atoms with E-state index in [1.165, 1.54) is 49.5 Å². The first-order valence-electron chi connectivity index (χ1n) is 6.54. The molecule has 1 N–H and O–H groups in total. The molecule has 0 saturated carbocycles. The van der Waals surface area contributed by atoms with Gasteiger partial charge in [0.25, 0.3) is 0 Å². The maximum absolute atomic E-state index is 4.30. The van der Waals surface area contributed by atoms with Gasteiger partial charge in [0.2, 0.25) is 0 Å². The van der Waals surface area contributed by atoms with Crippen molar-refractivity contribution in [2.45, 2.75) is 32.7 Å². The third kappa shape index (κ3) is 4.05. The number of nitrogens with one attached hydrogen (secondary N) is 1. The molecule has 0 amide bonds. The van der Waals surface area contributed by atoms with Gasteiger partial charge in [-0.05, 0) is 58.8 Å². The number of aryl methyl sites for hydroxylation is 1. The zero-order chi connectivity index (χ0) is 12.1. The molecule has 3 nitrogen and oxygen atoms in total. The van der Waals surface area contributed by atoms with Crippen molar-refractivity contribution in [2.24, 2.45) is 5.92 Å². The van der Waals surface area contributed by atoms with Crippen LogP contribution in [0.5, 0.6) is 0 Å². The van der Waals surface area contributed by atoms with E-state index in [9.17, 15) is 0 Å². The van der Waals surface area contributed by atoms with Gasteiger partial charge >= 0.3 is 0 Å². The first-order valence-corrected chi connectivity index (χ1v) is 7.42. The van der Waals surface area contributed by atoms with Crippen LogP contribution in [0, 0.1) is 12.8 Å². The predicted octanol–water partition coefficient (Wildman–Crippen LogP) is 2.27. The molecule has 1 aromatic rings. The Kier molecular flexibility index (Phi) is 4.95. The van der Waals surface area contributed by atoms with Crippen LogP contribution in [0.1, 0.15) is 29.8 Å². The lowest BCUT2D eigenvalue weighted by Gasteiger charge is -2.25. The van der Waals surface area contributed by atoms with Gasteiger partial charge < -0.3 is 10.2 Å². The van der Waals surface area contributed by atoms with Gasteiger partial charge in [-0.25, -0.2) is 4.98 Å². The van der Waals surface area contributed by atoms with Crippen molar-refractivity contribution < 1.29 is 0 Å². The number of hydrogen-bond donors (Lipinski definition) is 1. The second-order valence-corrected chi connectivity index (χ2v) is 6.04. The SMILES string of the molecule is Cc1ncsc1CN(C)CCC1CCCNC1. The number of thiazole rings is 1. The van der Waals surface area contributed by atoms with Crippen molar-refractivity contribution in [1.29, 1.82) is 0 Å². The zero-order valence-electron chi connectivity index (χ0n) is 10.9. The summed E-state index contributed by atoms with van der Waals surface area (Å²) < 4.78 is 0. The lowest BCUT2D eigenvalue weighted by molar-refractivity contribution is 0.269. The van der Waals surface area contributed by atoms with Crippen LogP contribution in [-0.2, 0) is 6.54 Å². The van der Waals surface area contributed by atoms with Crippen molar-refractivity contribution in [1.82, 2.24) is 15.2 Å². The summed E-state index contributed by atoms with van der Waals surface area (Å²) in [4.78, 5) is 8.14. The van der Waals surface area contributed by atoms with E-state index in [0.29, 0.717) is 0 Å². The highest BCUT2D eigenvalue weighted by atomic mass is 32.1. The number of aromatic nitrogens is 1. The Labute approximate surface area is 108 Å². The van der Waals surface area contributed by atoms with Gasteiger partial charge in [-0.15, -0.1) is 11.3 Å². The Balaban J connectivity index is 1.70. The van der Waals surface area contributed by atoms with Gasteiger partial charge in [0, 0.05) is 11.4 Å². The number of piperidine rings is 1. The molecule has 17 heavy (non-hydrogen) atoms. The second kappa shape index (κ2) is 6.47. The number of hydrogen-bond acceptors (Lipinski definition) is 4. The molecule has 4 heteroatoms. The molecule has 0 radical (unpaired) electrons. The molecule has 0 spiro atoms. The summed E-state index contributed by atoms with van der Waals surface area (Å²) in [5.41, 5.74) is 3.14. The topological polar surface area (TPSA) is 28.2 Å². The van der Waals surface area contributed by atoms with Crippen LogP contribution in [0.15, 0.2) is 5.51 Å². The highest BCUT2D eigenvalue weighted by Crippen LogP contribution is 2.17.